The van der Waals surface area contributed by atoms with E-state index in [0.29, 0.717) is 0 Å². The molecule has 0 fully saturated rings. The van der Waals surface area contributed by atoms with E-state index in [1.54, 1.807) is 0 Å². The van der Waals surface area contributed by atoms with Crippen LogP contribution < -0.4 is 4.90 Å². The molecule has 0 bridgehead atoms. The summed E-state index contributed by atoms with van der Waals surface area (Å²) in [7, 11) is 0. The number of benzene rings is 11. The molecule has 12 aromatic rings. The average Bonchev–Trinajstić information content (AvgIpc) is 3.71. The number of rotatable bonds is 6. The van der Waals surface area contributed by atoms with Crippen molar-refractivity contribution in [2.45, 2.75) is 0 Å². The second kappa shape index (κ2) is 14.1. The number of hydrogen-bond donors (Lipinski definition) is 0. The second-order valence-corrected chi connectivity index (χ2v) is 16.7. The summed E-state index contributed by atoms with van der Waals surface area (Å²) in [5, 5.41) is 12.6. The standard InChI is InChI=1S/C58H37NS/c1-3-16-39(17-4-1)56-49-25-12-11-23-46(49)48-35-34-43(37-52(48)57(56)40-18-5-2-6-19-40)59(53-27-15-29-55-58(53)50-26-13-14-28-54(50)60-55)42-32-30-38(31-33-42)51-36-41-20-7-8-21-44(41)45-22-9-10-24-47(45)51/h1-37H. The Morgan fingerprint density at radius 1 is 0.300 bits per heavy atom. The first-order valence-corrected chi connectivity index (χ1v) is 21.4. The molecule has 2 heteroatoms. The largest absolute Gasteiger partial charge is 0.310 e. The highest BCUT2D eigenvalue weighted by Gasteiger charge is 2.22. The van der Waals surface area contributed by atoms with Crippen molar-refractivity contribution in [1.82, 2.24) is 0 Å². The molecule has 12 rings (SSSR count). The Morgan fingerprint density at radius 3 is 1.57 bits per heavy atom. The Hall–Kier alpha value is -7.52. The Labute approximate surface area is 352 Å². The fourth-order valence-corrected chi connectivity index (χ4v) is 10.7. The minimum atomic E-state index is 1.11. The van der Waals surface area contributed by atoms with Crippen molar-refractivity contribution >= 4 is 91.7 Å². The molecular formula is C58H37NS. The summed E-state index contributed by atoms with van der Waals surface area (Å²) in [4.78, 5) is 2.48. The Morgan fingerprint density at radius 2 is 0.833 bits per heavy atom. The lowest BCUT2D eigenvalue weighted by molar-refractivity contribution is 1.31. The Balaban J connectivity index is 1.13. The van der Waals surface area contributed by atoms with Crippen LogP contribution in [0.25, 0.3) is 96.6 Å². The molecule has 1 nitrogen and oxygen atoms in total. The number of anilines is 3. The molecule has 0 aliphatic heterocycles. The zero-order valence-electron chi connectivity index (χ0n) is 32.7. The number of thiophene rings is 1. The quantitative estimate of drug-likeness (QED) is 0.152. The van der Waals surface area contributed by atoms with Gasteiger partial charge in [0, 0.05) is 31.5 Å². The van der Waals surface area contributed by atoms with Gasteiger partial charge in [-0.3, -0.25) is 0 Å². The maximum atomic E-state index is 2.48. The minimum absolute atomic E-state index is 1.11. The highest BCUT2D eigenvalue weighted by Crippen LogP contribution is 2.49. The van der Waals surface area contributed by atoms with Gasteiger partial charge in [0.05, 0.1) is 5.69 Å². The van der Waals surface area contributed by atoms with Crippen molar-refractivity contribution in [2.24, 2.45) is 0 Å². The van der Waals surface area contributed by atoms with Crippen LogP contribution in [0.1, 0.15) is 0 Å². The highest BCUT2D eigenvalue weighted by atomic mass is 32.1. The van der Waals surface area contributed by atoms with Crippen molar-refractivity contribution in [3.63, 3.8) is 0 Å². The van der Waals surface area contributed by atoms with E-state index in [1.807, 2.05) is 11.3 Å². The first-order valence-electron chi connectivity index (χ1n) is 20.6. The van der Waals surface area contributed by atoms with E-state index < -0.39 is 0 Å². The predicted octanol–water partition coefficient (Wildman–Crippen LogP) is 17.1. The van der Waals surface area contributed by atoms with Crippen LogP contribution in [0.4, 0.5) is 17.1 Å². The fraction of sp³-hybridized carbons (Fsp3) is 0. The number of nitrogens with zero attached hydrogens (tertiary/aromatic N) is 1. The van der Waals surface area contributed by atoms with Crippen LogP contribution in [0.5, 0.6) is 0 Å². The summed E-state index contributed by atoms with van der Waals surface area (Å²) in [6, 6.07) is 82.6. The molecule has 0 radical (unpaired) electrons. The van der Waals surface area contributed by atoms with Gasteiger partial charge < -0.3 is 4.90 Å². The Bertz CT molecular complexity index is 3590. The zero-order chi connectivity index (χ0) is 39.6. The van der Waals surface area contributed by atoms with E-state index in [-0.39, 0.29) is 0 Å². The van der Waals surface area contributed by atoms with Crippen LogP contribution >= 0.6 is 11.3 Å². The monoisotopic (exact) mass is 779 g/mol. The molecule has 0 aliphatic carbocycles. The van der Waals surface area contributed by atoms with Gasteiger partial charge in [-0.05, 0) is 125 Å². The molecule has 0 spiro atoms. The van der Waals surface area contributed by atoms with Crippen molar-refractivity contribution in [2.75, 3.05) is 4.90 Å². The molecule has 280 valence electrons. The number of fused-ring (bicyclic) bond motifs is 9. The van der Waals surface area contributed by atoms with Gasteiger partial charge in [-0.1, -0.05) is 176 Å². The molecule has 1 heterocycles. The lowest BCUT2D eigenvalue weighted by Crippen LogP contribution is -2.10. The average molecular weight is 780 g/mol. The van der Waals surface area contributed by atoms with Gasteiger partial charge >= 0.3 is 0 Å². The molecule has 0 aliphatic rings. The fourth-order valence-electron chi connectivity index (χ4n) is 9.58. The van der Waals surface area contributed by atoms with Crippen molar-refractivity contribution in [3.05, 3.63) is 224 Å². The summed E-state index contributed by atoms with van der Waals surface area (Å²) in [5.74, 6) is 0. The molecule has 0 N–H and O–H groups in total. The summed E-state index contributed by atoms with van der Waals surface area (Å²) >= 11 is 1.86. The van der Waals surface area contributed by atoms with Gasteiger partial charge in [0.15, 0.2) is 0 Å². The molecule has 11 aromatic carbocycles. The van der Waals surface area contributed by atoms with E-state index in [4.69, 9.17) is 0 Å². The van der Waals surface area contributed by atoms with E-state index in [1.165, 1.54) is 102 Å². The normalized spacial score (nSPS) is 11.7. The molecule has 60 heavy (non-hydrogen) atoms. The van der Waals surface area contributed by atoms with Crippen LogP contribution in [0.2, 0.25) is 0 Å². The maximum absolute atomic E-state index is 2.48. The first-order chi connectivity index (χ1) is 29.8. The smallest absolute Gasteiger partial charge is 0.0554 e. The molecule has 0 saturated heterocycles. The van der Waals surface area contributed by atoms with Crippen LogP contribution in [0.3, 0.4) is 0 Å². The summed E-state index contributed by atoms with van der Waals surface area (Å²) in [5.41, 5.74) is 10.7. The van der Waals surface area contributed by atoms with E-state index in [2.05, 4.69) is 229 Å². The van der Waals surface area contributed by atoms with Crippen LogP contribution in [0, 0.1) is 0 Å². The second-order valence-electron chi connectivity index (χ2n) is 15.6. The van der Waals surface area contributed by atoms with Crippen molar-refractivity contribution in [1.29, 1.82) is 0 Å². The van der Waals surface area contributed by atoms with E-state index in [0.717, 1.165) is 11.4 Å². The predicted molar refractivity (Wildman–Crippen MR) is 260 cm³/mol. The maximum Gasteiger partial charge on any atom is 0.0554 e. The van der Waals surface area contributed by atoms with Gasteiger partial charge in [-0.2, -0.15) is 0 Å². The molecule has 0 saturated carbocycles. The summed E-state index contributed by atoms with van der Waals surface area (Å²) in [6.45, 7) is 0. The first kappa shape index (κ1) is 34.5. The van der Waals surface area contributed by atoms with Crippen LogP contribution in [0.15, 0.2) is 224 Å². The van der Waals surface area contributed by atoms with Gasteiger partial charge in [0.25, 0.3) is 0 Å². The van der Waals surface area contributed by atoms with E-state index in [9.17, 15) is 0 Å². The van der Waals surface area contributed by atoms with Gasteiger partial charge in [-0.25, -0.2) is 0 Å². The molecule has 0 atom stereocenters. The van der Waals surface area contributed by atoms with Crippen LogP contribution in [-0.4, -0.2) is 0 Å². The lowest BCUT2D eigenvalue weighted by atomic mass is 9.85. The van der Waals surface area contributed by atoms with Crippen molar-refractivity contribution < 1.29 is 0 Å². The van der Waals surface area contributed by atoms with Crippen LogP contribution in [-0.2, 0) is 0 Å². The Kier molecular flexibility index (Phi) is 8.11. The summed E-state index contributed by atoms with van der Waals surface area (Å²) < 4.78 is 2.57. The highest BCUT2D eigenvalue weighted by molar-refractivity contribution is 7.26. The molecule has 0 amide bonds. The summed E-state index contributed by atoms with van der Waals surface area (Å²) in [6.07, 6.45) is 0. The van der Waals surface area contributed by atoms with Gasteiger partial charge in [0.1, 0.15) is 0 Å². The third-order valence-electron chi connectivity index (χ3n) is 12.2. The molecular weight excluding hydrogens is 743 g/mol. The SMILES string of the molecule is c1ccc(-c2c(-c3ccccc3)c3cc(N(c4ccc(-c5cc6ccccc6c6ccccc56)cc4)c4cccc5sc6ccccc6c45)ccc3c3ccccc23)cc1. The van der Waals surface area contributed by atoms with E-state index >= 15 is 0 Å². The van der Waals surface area contributed by atoms with Gasteiger partial charge in [0.2, 0.25) is 0 Å². The zero-order valence-corrected chi connectivity index (χ0v) is 33.5. The molecule has 0 unspecified atom stereocenters. The van der Waals surface area contributed by atoms with Gasteiger partial charge in [-0.15, -0.1) is 11.3 Å². The van der Waals surface area contributed by atoms with Crippen molar-refractivity contribution in [3.8, 4) is 33.4 Å². The number of hydrogen-bond acceptors (Lipinski definition) is 2. The minimum Gasteiger partial charge on any atom is -0.310 e. The topological polar surface area (TPSA) is 3.24 Å². The third-order valence-corrected chi connectivity index (χ3v) is 13.4. The molecule has 1 aromatic heterocycles. The third kappa shape index (κ3) is 5.53. The lowest BCUT2D eigenvalue weighted by Gasteiger charge is -2.28.